The Kier molecular flexibility index (Phi) is 8.11. The lowest BCUT2D eigenvalue weighted by molar-refractivity contribution is -0.121. The summed E-state index contributed by atoms with van der Waals surface area (Å²) >= 11 is 6.56. The number of hydrogen-bond acceptors (Lipinski definition) is 9. The molecule has 1 spiro atoms. The number of halogens is 1. The summed E-state index contributed by atoms with van der Waals surface area (Å²) in [6.45, 7) is 3.53. The van der Waals surface area contributed by atoms with E-state index in [9.17, 15) is 19.2 Å². The molecule has 0 fully saturated rings. The average Bonchev–Trinajstić information content (AvgIpc) is 3.50. The van der Waals surface area contributed by atoms with E-state index in [0.29, 0.717) is 28.4 Å². The molecule has 0 saturated heterocycles. The van der Waals surface area contributed by atoms with Crippen molar-refractivity contribution < 1.29 is 42.5 Å². The Balaban J connectivity index is 1.60. The quantitative estimate of drug-likeness (QED) is 0.273. The van der Waals surface area contributed by atoms with Gasteiger partial charge in [-0.2, -0.15) is 0 Å². The Labute approximate surface area is 252 Å². The lowest BCUT2D eigenvalue weighted by Gasteiger charge is -2.35. The number of ketones is 2. The van der Waals surface area contributed by atoms with Crippen LogP contribution in [-0.4, -0.2) is 63.4 Å². The summed E-state index contributed by atoms with van der Waals surface area (Å²) in [7, 11) is 4.36. The van der Waals surface area contributed by atoms with Gasteiger partial charge in [-0.3, -0.25) is 19.2 Å². The van der Waals surface area contributed by atoms with Crippen LogP contribution in [0.4, 0.5) is 0 Å². The van der Waals surface area contributed by atoms with Crippen molar-refractivity contribution in [1.82, 2.24) is 10.6 Å². The molecule has 0 saturated carbocycles. The maximum atomic E-state index is 14.6. The Hall–Kier alpha value is -4.51. The topological polar surface area (TPSA) is 142 Å². The number of Topliss-reactive ketones (excluding diaryl/α,β-unsaturated/α-hetero) is 2. The predicted octanol–water partition coefficient (Wildman–Crippen LogP) is 3.81. The average molecular weight is 611 g/mol. The number of methoxy groups -OCH3 is 3. The molecule has 12 heteroatoms. The van der Waals surface area contributed by atoms with Gasteiger partial charge < -0.3 is 34.0 Å². The first kappa shape index (κ1) is 30.0. The van der Waals surface area contributed by atoms with Crippen LogP contribution in [0.2, 0.25) is 5.02 Å². The van der Waals surface area contributed by atoms with Crippen molar-refractivity contribution in [2.24, 2.45) is 5.92 Å². The molecule has 226 valence electrons. The molecule has 1 aromatic heterocycles. The van der Waals surface area contributed by atoms with Gasteiger partial charge in [0, 0.05) is 49.5 Å². The van der Waals surface area contributed by atoms with E-state index in [2.05, 4.69) is 10.6 Å². The fourth-order valence-corrected chi connectivity index (χ4v) is 5.90. The van der Waals surface area contributed by atoms with Gasteiger partial charge in [-0.1, -0.05) is 18.5 Å². The second-order valence-corrected chi connectivity index (χ2v) is 10.7. The summed E-state index contributed by atoms with van der Waals surface area (Å²) in [5.74, 6) is -0.841. The standard InChI is InChI=1S/C31H31ClN2O9/c1-15-12-21-24(29(37)31(15)30(38)25-20(40-4)14-22(41-5)26(32)28(25)43-31)19(13-23(36)34-11-10-33-16(2)35)27(42-21)17-6-8-18(39-3)9-7-17/h6-9,14-15H,10-13H2,1-5H3,(H,33,35)(H,34,36)/t15-,31+/m1/s1. The van der Waals surface area contributed by atoms with Crippen LogP contribution in [0.3, 0.4) is 0 Å². The summed E-state index contributed by atoms with van der Waals surface area (Å²) in [5, 5.41) is 5.41. The van der Waals surface area contributed by atoms with Crippen LogP contribution in [0.25, 0.3) is 11.3 Å². The number of hydrogen-bond donors (Lipinski definition) is 2. The molecule has 43 heavy (non-hydrogen) atoms. The van der Waals surface area contributed by atoms with E-state index in [-0.39, 0.29) is 65.2 Å². The summed E-state index contributed by atoms with van der Waals surface area (Å²) in [6.07, 6.45) is -0.0549. The van der Waals surface area contributed by atoms with Crippen molar-refractivity contribution in [3.8, 4) is 34.3 Å². The zero-order chi connectivity index (χ0) is 31.1. The number of fused-ring (bicyclic) bond motifs is 2. The third-order valence-corrected chi connectivity index (χ3v) is 8.12. The van der Waals surface area contributed by atoms with E-state index < -0.39 is 29.0 Å². The van der Waals surface area contributed by atoms with Gasteiger partial charge in [-0.15, -0.1) is 0 Å². The van der Waals surface area contributed by atoms with Crippen molar-refractivity contribution in [2.45, 2.75) is 32.3 Å². The summed E-state index contributed by atoms with van der Waals surface area (Å²) in [6, 6.07) is 8.47. The molecule has 0 radical (unpaired) electrons. The molecule has 2 N–H and O–H groups in total. The van der Waals surface area contributed by atoms with Gasteiger partial charge in [0.05, 0.1) is 33.3 Å². The lowest BCUT2D eigenvalue weighted by Crippen LogP contribution is -2.56. The molecule has 2 amide bonds. The summed E-state index contributed by atoms with van der Waals surface area (Å²) in [4.78, 5) is 53.0. The van der Waals surface area contributed by atoms with Crippen LogP contribution in [-0.2, 0) is 22.4 Å². The monoisotopic (exact) mass is 610 g/mol. The van der Waals surface area contributed by atoms with Gasteiger partial charge in [0.2, 0.25) is 29.0 Å². The van der Waals surface area contributed by atoms with Crippen LogP contribution < -0.4 is 29.6 Å². The van der Waals surface area contributed by atoms with Crippen LogP contribution in [0.15, 0.2) is 34.7 Å². The SMILES string of the molecule is COc1ccc(-c2oc3c(c2CC(=O)NCCNC(C)=O)C(=O)[C@@]2(Oc4c(Cl)c(OC)cc(OC)c4C2=O)[C@H](C)C3)cc1. The lowest BCUT2D eigenvalue weighted by atomic mass is 9.70. The molecule has 5 rings (SSSR count). The van der Waals surface area contributed by atoms with Crippen molar-refractivity contribution in [3.05, 3.63) is 57.8 Å². The Morgan fingerprint density at radius 2 is 1.63 bits per heavy atom. The molecule has 3 aromatic rings. The third-order valence-electron chi connectivity index (χ3n) is 7.76. The van der Waals surface area contributed by atoms with E-state index in [1.807, 2.05) is 0 Å². The van der Waals surface area contributed by atoms with E-state index in [1.165, 1.54) is 27.2 Å². The van der Waals surface area contributed by atoms with Gasteiger partial charge >= 0.3 is 0 Å². The number of benzene rings is 2. The second-order valence-electron chi connectivity index (χ2n) is 10.3. The normalized spacial score (nSPS) is 18.5. The van der Waals surface area contributed by atoms with E-state index in [1.54, 1.807) is 38.3 Å². The first-order valence-corrected chi connectivity index (χ1v) is 14.0. The number of furan rings is 1. The van der Waals surface area contributed by atoms with Gasteiger partial charge in [-0.05, 0) is 24.3 Å². The van der Waals surface area contributed by atoms with Crippen molar-refractivity contribution in [1.29, 1.82) is 0 Å². The van der Waals surface area contributed by atoms with Gasteiger partial charge in [0.1, 0.15) is 39.4 Å². The highest BCUT2D eigenvalue weighted by Crippen LogP contribution is 2.54. The fourth-order valence-electron chi connectivity index (χ4n) is 5.64. The van der Waals surface area contributed by atoms with Crippen LogP contribution in [0, 0.1) is 5.92 Å². The Morgan fingerprint density at radius 3 is 2.26 bits per heavy atom. The second kappa shape index (κ2) is 11.6. The van der Waals surface area contributed by atoms with Gasteiger partial charge in [0.15, 0.2) is 5.75 Å². The smallest absolute Gasteiger partial charge is 0.237 e. The van der Waals surface area contributed by atoms with Crippen molar-refractivity contribution >= 4 is 35.0 Å². The summed E-state index contributed by atoms with van der Waals surface area (Å²) < 4.78 is 28.6. The number of rotatable bonds is 9. The number of carbonyl (C=O) groups excluding carboxylic acids is 4. The molecular formula is C31H31ClN2O9. The maximum absolute atomic E-state index is 14.6. The zero-order valence-electron chi connectivity index (χ0n) is 24.3. The molecule has 2 atom stereocenters. The van der Waals surface area contributed by atoms with Gasteiger partial charge in [-0.25, -0.2) is 0 Å². The Morgan fingerprint density at radius 1 is 0.977 bits per heavy atom. The zero-order valence-corrected chi connectivity index (χ0v) is 25.1. The fraction of sp³-hybridized carbons (Fsp3) is 0.355. The number of nitrogens with one attached hydrogen (secondary N) is 2. The predicted molar refractivity (Wildman–Crippen MR) is 156 cm³/mol. The van der Waals surface area contributed by atoms with Crippen molar-refractivity contribution in [2.75, 3.05) is 34.4 Å². The van der Waals surface area contributed by atoms with Crippen molar-refractivity contribution in [3.63, 3.8) is 0 Å². The molecule has 2 heterocycles. The van der Waals surface area contributed by atoms with Crippen LogP contribution >= 0.6 is 11.6 Å². The van der Waals surface area contributed by atoms with Crippen LogP contribution in [0.5, 0.6) is 23.0 Å². The van der Waals surface area contributed by atoms with Crippen LogP contribution in [0.1, 0.15) is 45.9 Å². The minimum absolute atomic E-state index is 0.00246. The Bertz CT molecular complexity index is 1630. The number of ether oxygens (including phenoxy) is 4. The molecule has 2 aromatic carbocycles. The molecule has 2 aliphatic rings. The first-order valence-electron chi connectivity index (χ1n) is 13.6. The molecule has 1 aliphatic carbocycles. The molecule has 11 nitrogen and oxygen atoms in total. The number of carbonyl (C=O) groups is 4. The third kappa shape index (κ3) is 4.97. The minimum Gasteiger partial charge on any atom is -0.497 e. The van der Waals surface area contributed by atoms with E-state index in [4.69, 9.17) is 35.0 Å². The molecule has 1 aliphatic heterocycles. The molecule has 0 bridgehead atoms. The maximum Gasteiger partial charge on any atom is 0.237 e. The van der Waals surface area contributed by atoms with E-state index in [0.717, 1.165) is 0 Å². The number of amides is 2. The molecular weight excluding hydrogens is 580 g/mol. The first-order chi connectivity index (χ1) is 20.6. The summed E-state index contributed by atoms with van der Waals surface area (Å²) in [5.41, 5.74) is -0.869. The van der Waals surface area contributed by atoms with E-state index >= 15 is 0 Å². The highest BCUT2D eigenvalue weighted by Gasteiger charge is 2.63. The minimum atomic E-state index is -1.96. The largest absolute Gasteiger partial charge is 0.497 e. The van der Waals surface area contributed by atoms with Gasteiger partial charge in [0.25, 0.3) is 0 Å². The molecule has 0 unspecified atom stereocenters. The highest BCUT2D eigenvalue weighted by atomic mass is 35.5. The highest BCUT2D eigenvalue weighted by molar-refractivity contribution is 6.36.